The summed E-state index contributed by atoms with van der Waals surface area (Å²) in [6.07, 6.45) is 0.942. The monoisotopic (exact) mass is 294 g/mol. The third-order valence-corrected chi connectivity index (χ3v) is 4.42. The summed E-state index contributed by atoms with van der Waals surface area (Å²) in [5, 5.41) is 13.9. The number of para-hydroxylation sites is 1. The van der Waals surface area contributed by atoms with Crippen LogP contribution in [0.5, 0.6) is 0 Å². The van der Waals surface area contributed by atoms with Crippen molar-refractivity contribution in [1.82, 2.24) is 0 Å². The van der Waals surface area contributed by atoms with Gasteiger partial charge in [-0.1, -0.05) is 13.0 Å². The first-order valence-corrected chi connectivity index (χ1v) is 7.12. The Kier molecular flexibility index (Phi) is 4.34. The van der Waals surface area contributed by atoms with Gasteiger partial charge in [0.2, 0.25) is 0 Å². The lowest BCUT2D eigenvalue weighted by Gasteiger charge is -2.14. The highest BCUT2D eigenvalue weighted by Crippen LogP contribution is 2.32. The Morgan fingerprint density at radius 2 is 2.15 bits per heavy atom. The number of thiophene rings is 1. The van der Waals surface area contributed by atoms with Crippen LogP contribution in [0.15, 0.2) is 30.3 Å². The third-order valence-electron chi connectivity index (χ3n) is 3.01. The molecule has 1 heterocycles. The Labute approximate surface area is 120 Å². The maximum absolute atomic E-state index is 13.8. The van der Waals surface area contributed by atoms with E-state index in [2.05, 4.69) is 12.2 Å². The van der Waals surface area contributed by atoms with Crippen molar-refractivity contribution in [2.24, 2.45) is 0 Å². The standard InChI is InChI=1S/C14H15FN2O2S/c1-3-10-7-8-13(20-10)9(2)16-14-11(15)5-4-6-12(14)17(18)19/h4-9,16H,3H2,1-2H3. The lowest BCUT2D eigenvalue weighted by molar-refractivity contribution is -0.384. The number of benzene rings is 1. The summed E-state index contributed by atoms with van der Waals surface area (Å²) in [5.41, 5.74) is -0.305. The zero-order valence-corrected chi connectivity index (χ0v) is 12.0. The molecule has 1 aromatic heterocycles. The molecule has 1 unspecified atom stereocenters. The highest BCUT2D eigenvalue weighted by atomic mass is 32.1. The van der Waals surface area contributed by atoms with Crippen LogP contribution < -0.4 is 5.32 Å². The van der Waals surface area contributed by atoms with Gasteiger partial charge >= 0.3 is 0 Å². The van der Waals surface area contributed by atoms with Crippen molar-refractivity contribution in [2.75, 3.05) is 5.32 Å². The van der Waals surface area contributed by atoms with Gasteiger partial charge in [0, 0.05) is 15.8 Å². The van der Waals surface area contributed by atoms with Crippen LogP contribution >= 0.6 is 11.3 Å². The molecule has 0 aliphatic heterocycles. The number of hydrogen-bond acceptors (Lipinski definition) is 4. The summed E-state index contributed by atoms with van der Waals surface area (Å²) in [4.78, 5) is 12.6. The van der Waals surface area contributed by atoms with Gasteiger partial charge in [-0.25, -0.2) is 4.39 Å². The van der Waals surface area contributed by atoms with E-state index in [9.17, 15) is 14.5 Å². The number of rotatable bonds is 5. The van der Waals surface area contributed by atoms with Crippen molar-refractivity contribution in [3.05, 3.63) is 56.0 Å². The molecular formula is C14H15FN2O2S. The van der Waals surface area contributed by atoms with Gasteiger partial charge in [0.15, 0.2) is 5.82 Å². The first-order valence-electron chi connectivity index (χ1n) is 6.31. The quantitative estimate of drug-likeness (QED) is 0.651. The van der Waals surface area contributed by atoms with Gasteiger partial charge in [-0.05, 0) is 31.5 Å². The van der Waals surface area contributed by atoms with Crippen LogP contribution in [0.4, 0.5) is 15.8 Å². The number of halogens is 1. The number of hydrogen-bond donors (Lipinski definition) is 1. The van der Waals surface area contributed by atoms with Crippen molar-refractivity contribution in [2.45, 2.75) is 26.3 Å². The Hall–Kier alpha value is -1.95. The van der Waals surface area contributed by atoms with Crippen molar-refractivity contribution in [3.8, 4) is 0 Å². The predicted octanol–water partition coefficient (Wildman–Crippen LogP) is 4.53. The van der Waals surface area contributed by atoms with Gasteiger partial charge in [-0.3, -0.25) is 10.1 Å². The summed E-state index contributed by atoms with van der Waals surface area (Å²) in [5.74, 6) is -0.613. The first kappa shape index (κ1) is 14.5. The number of anilines is 1. The highest BCUT2D eigenvalue weighted by Gasteiger charge is 2.20. The molecule has 4 nitrogen and oxygen atoms in total. The van der Waals surface area contributed by atoms with Gasteiger partial charge in [-0.15, -0.1) is 11.3 Å². The molecule has 0 saturated heterocycles. The van der Waals surface area contributed by atoms with Crippen LogP contribution in [-0.4, -0.2) is 4.92 Å². The van der Waals surface area contributed by atoms with E-state index in [1.807, 2.05) is 19.1 Å². The zero-order valence-electron chi connectivity index (χ0n) is 11.2. The Morgan fingerprint density at radius 1 is 1.40 bits per heavy atom. The molecule has 0 radical (unpaired) electrons. The molecule has 2 aromatic rings. The first-order chi connectivity index (χ1) is 9.52. The number of nitro groups is 1. The van der Waals surface area contributed by atoms with Crippen LogP contribution in [0.25, 0.3) is 0 Å². The molecular weight excluding hydrogens is 279 g/mol. The van der Waals surface area contributed by atoms with Crippen molar-refractivity contribution < 1.29 is 9.31 Å². The molecule has 0 aliphatic carbocycles. The van der Waals surface area contributed by atoms with Crippen molar-refractivity contribution >= 4 is 22.7 Å². The van der Waals surface area contributed by atoms with E-state index in [1.165, 1.54) is 23.1 Å². The molecule has 0 fully saturated rings. The fourth-order valence-corrected chi connectivity index (χ4v) is 2.87. The molecule has 20 heavy (non-hydrogen) atoms. The van der Waals surface area contributed by atoms with Crippen LogP contribution in [0.2, 0.25) is 0 Å². The van der Waals surface area contributed by atoms with Crippen LogP contribution in [0, 0.1) is 15.9 Å². The van der Waals surface area contributed by atoms with Gasteiger partial charge in [0.05, 0.1) is 11.0 Å². The topological polar surface area (TPSA) is 55.2 Å². The van der Waals surface area contributed by atoms with Gasteiger partial charge in [0.1, 0.15) is 5.69 Å². The fraction of sp³-hybridized carbons (Fsp3) is 0.286. The van der Waals surface area contributed by atoms with Gasteiger partial charge in [0.25, 0.3) is 5.69 Å². The third kappa shape index (κ3) is 2.96. The minimum atomic E-state index is -0.613. The molecule has 2 rings (SSSR count). The number of nitro benzene ring substituents is 1. The molecule has 0 bridgehead atoms. The largest absolute Gasteiger partial charge is 0.370 e. The summed E-state index contributed by atoms with van der Waals surface area (Å²) < 4.78 is 13.8. The van der Waals surface area contributed by atoms with E-state index in [4.69, 9.17) is 0 Å². The molecule has 0 aliphatic rings. The fourth-order valence-electron chi connectivity index (χ4n) is 1.91. The van der Waals surface area contributed by atoms with E-state index < -0.39 is 10.7 Å². The summed E-state index contributed by atoms with van der Waals surface area (Å²) in [6, 6.07) is 7.65. The molecule has 0 amide bonds. The smallest absolute Gasteiger partial charge is 0.295 e. The number of nitrogens with one attached hydrogen (secondary N) is 1. The van der Waals surface area contributed by atoms with Crippen molar-refractivity contribution in [3.63, 3.8) is 0 Å². The maximum atomic E-state index is 13.8. The number of nitrogens with zero attached hydrogens (tertiary/aromatic N) is 1. The van der Waals surface area contributed by atoms with E-state index in [0.29, 0.717) is 0 Å². The van der Waals surface area contributed by atoms with E-state index >= 15 is 0 Å². The Morgan fingerprint density at radius 3 is 2.75 bits per heavy atom. The average molecular weight is 294 g/mol. The highest BCUT2D eigenvalue weighted by molar-refractivity contribution is 7.12. The minimum absolute atomic E-state index is 0.0588. The molecule has 6 heteroatoms. The Bertz CT molecular complexity index is 627. The predicted molar refractivity (Wildman–Crippen MR) is 78.8 cm³/mol. The van der Waals surface area contributed by atoms with Gasteiger partial charge < -0.3 is 5.32 Å². The molecule has 1 atom stereocenters. The number of aryl methyl sites for hydroxylation is 1. The van der Waals surface area contributed by atoms with E-state index in [1.54, 1.807) is 11.3 Å². The normalized spacial score (nSPS) is 12.2. The lowest BCUT2D eigenvalue weighted by Crippen LogP contribution is -2.08. The second-order valence-corrected chi connectivity index (χ2v) is 5.61. The van der Waals surface area contributed by atoms with Gasteiger partial charge in [-0.2, -0.15) is 0 Å². The van der Waals surface area contributed by atoms with E-state index in [-0.39, 0.29) is 17.4 Å². The molecule has 106 valence electrons. The van der Waals surface area contributed by atoms with E-state index in [0.717, 1.165) is 11.3 Å². The Balaban J connectivity index is 2.27. The van der Waals surface area contributed by atoms with Crippen molar-refractivity contribution in [1.29, 1.82) is 0 Å². The summed E-state index contributed by atoms with van der Waals surface area (Å²) >= 11 is 1.63. The molecule has 0 spiro atoms. The molecule has 1 aromatic carbocycles. The van der Waals surface area contributed by atoms with Crippen LogP contribution in [0.3, 0.4) is 0 Å². The second kappa shape index (κ2) is 6.00. The van der Waals surface area contributed by atoms with Crippen LogP contribution in [0.1, 0.15) is 29.6 Å². The minimum Gasteiger partial charge on any atom is -0.370 e. The zero-order chi connectivity index (χ0) is 14.7. The molecule has 0 saturated carbocycles. The maximum Gasteiger partial charge on any atom is 0.295 e. The average Bonchev–Trinajstić information content (AvgIpc) is 2.89. The lowest BCUT2D eigenvalue weighted by atomic mass is 10.2. The molecule has 1 N–H and O–H groups in total. The SMILES string of the molecule is CCc1ccc(C(C)Nc2c(F)cccc2[N+](=O)[O-])s1. The summed E-state index contributed by atoms with van der Waals surface area (Å²) in [6.45, 7) is 3.93. The van der Waals surface area contributed by atoms with Crippen LogP contribution in [-0.2, 0) is 6.42 Å². The second-order valence-electron chi connectivity index (χ2n) is 4.41. The summed E-state index contributed by atoms with van der Waals surface area (Å²) in [7, 11) is 0.